The van der Waals surface area contributed by atoms with Crippen molar-refractivity contribution in [2.24, 2.45) is 0 Å². The first-order valence-electron chi connectivity index (χ1n) is 5.58. The summed E-state index contributed by atoms with van der Waals surface area (Å²) in [4.78, 5) is 7.90. The SMILES string of the molecule is CCNc1ncc(F)c(Nc2ccc(Cl)cc2Br)n1. The van der Waals surface area contributed by atoms with Crippen molar-refractivity contribution in [2.45, 2.75) is 6.92 Å². The van der Waals surface area contributed by atoms with E-state index in [1.165, 1.54) is 0 Å². The lowest BCUT2D eigenvalue weighted by atomic mass is 10.3. The Bertz CT molecular complexity index is 594. The molecule has 0 atom stereocenters. The van der Waals surface area contributed by atoms with Crippen LogP contribution in [-0.2, 0) is 0 Å². The number of rotatable bonds is 4. The number of nitrogens with one attached hydrogen (secondary N) is 2. The van der Waals surface area contributed by atoms with E-state index in [2.05, 4.69) is 36.5 Å². The Morgan fingerprint density at radius 3 is 2.89 bits per heavy atom. The van der Waals surface area contributed by atoms with Crippen molar-refractivity contribution in [2.75, 3.05) is 17.2 Å². The van der Waals surface area contributed by atoms with Crippen LogP contribution in [0.2, 0.25) is 5.02 Å². The summed E-state index contributed by atoms with van der Waals surface area (Å²) in [6.45, 7) is 2.57. The number of benzene rings is 1. The van der Waals surface area contributed by atoms with Crippen LogP contribution in [0.5, 0.6) is 0 Å². The van der Waals surface area contributed by atoms with Gasteiger partial charge >= 0.3 is 0 Å². The zero-order chi connectivity index (χ0) is 13.8. The van der Waals surface area contributed by atoms with E-state index in [-0.39, 0.29) is 5.82 Å². The molecule has 0 radical (unpaired) electrons. The van der Waals surface area contributed by atoms with Gasteiger partial charge in [0.05, 0.1) is 11.9 Å². The van der Waals surface area contributed by atoms with Crippen LogP contribution >= 0.6 is 27.5 Å². The molecule has 100 valence electrons. The molecule has 0 fully saturated rings. The van der Waals surface area contributed by atoms with Gasteiger partial charge in [0.1, 0.15) is 0 Å². The molecule has 2 N–H and O–H groups in total. The first kappa shape index (κ1) is 14.0. The van der Waals surface area contributed by atoms with E-state index in [1.54, 1.807) is 18.2 Å². The highest BCUT2D eigenvalue weighted by Crippen LogP contribution is 2.28. The number of aromatic nitrogens is 2. The van der Waals surface area contributed by atoms with Gasteiger partial charge in [-0.2, -0.15) is 4.98 Å². The molecular weight excluding hydrogens is 335 g/mol. The summed E-state index contributed by atoms with van der Waals surface area (Å²) < 4.78 is 14.4. The maximum absolute atomic E-state index is 13.6. The topological polar surface area (TPSA) is 49.8 Å². The third kappa shape index (κ3) is 3.54. The highest BCUT2D eigenvalue weighted by atomic mass is 79.9. The molecule has 0 unspecified atom stereocenters. The van der Waals surface area contributed by atoms with Crippen molar-refractivity contribution in [1.82, 2.24) is 9.97 Å². The first-order valence-corrected chi connectivity index (χ1v) is 6.75. The van der Waals surface area contributed by atoms with E-state index in [0.29, 0.717) is 23.2 Å². The zero-order valence-corrected chi connectivity index (χ0v) is 12.4. The fraction of sp³-hybridized carbons (Fsp3) is 0.167. The number of hydrogen-bond donors (Lipinski definition) is 2. The summed E-state index contributed by atoms with van der Waals surface area (Å²) in [6, 6.07) is 5.16. The molecule has 0 amide bonds. The molecule has 1 aromatic carbocycles. The quantitative estimate of drug-likeness (QED) is 0.871. The molecular formula is C12H11BrClFN4. The molecule has 0 aliphatic carbocycles. The molecule has 0 aliphatic heterocycles. The molecule has 0 bridgehead atoms. The van der Waals surface area contributed by atoms with Crippen LogP contribution in [0.15, 0.2) is 28.9 Å². The van der Waals surface area contributed by atoms with Gasteiger partial charge in [-0.1, -0.05) is 11.6 Å². The van der Waals surface area contributed by atoms with Crippen LogP contribution < -0.4 is 10.6 Å². The smallest absolute Gasteiger partial charge is 0.224 e. The molecule has 0 spiro atoms. The van der Waals surface area contributed by atoms with Gasteiger partial charge in [0, 0.05) is 16.0 Å². The molecule has 1 aromatic heterocycles. The molecule has 1 heterocycles. The summed E-state index contributed by atoms with van der Waals surface area (Å²) >= 11 is 9.20. The minimum absolute atomic E-state index is 0.106. The predicted octanol–water partition coefficient (Wildman–Crippen LogP) is 4.21. The first-order chi connectivity index (χ1) is 9.10. The third-order valence-electron chi connectivity index (χ3n) is 2.26. The van der Waals surface area contributed by atoms with Crippen LogP contribution in [-0.4, -0.2) is 16.5 Å². The van der Waals surface area contributed by atoms with Gasteiger partial charge in [-0.3, -0.25) is 0 Å². The number of nitrogens with zero attached hydrogens (tertiary/aromatic N) is 2. The average Bonchev–Trinajstić information content (AvgIpc) is 2.37. The van der Waals surface area contributed by atoms with E-state index in [4.69, 9.17) is 11.6 Å². The van der Waals surface area contributed by atoms with Crippen molar-refractivity contribution < 1.29 is 4.39 Å². The molecule has 0 saturated heterocycles. The Labute approximate surface area is 123 Å². The van der Waals surface area contributed by atoms with Gasteiger partial charge < -0.3 is 10.6 Å². The monoisotopic (exact) mass is 344 g/mol. The Balaban J connectivity index is 2.29. The summed E-state index contributed by atoms with van der Waals surface area (Å²) in [6.07, 6.45) is 1.12. The summed E-state index contributed by atoms with van der Waals surface area (Å²) in [5, 5.41) is 6.41. The summed E-state index contributed by atoms with van der Waals surface area (Å²) in [5.74, 6) is -0.0473. The molecule has 7 heteroatoms. The molecule has 2 rings (SSSR count). The van der Waals surface area contributed by atoms with E-state index >= 15 is 0 Å². The largest absolute Gasteiger partial charge is 0.354 e. The van der Waals surface area contributed by atoms with Crippen LogP contribution in [0.4, 0.5) is 21.8 Å². The predicted molar refractivity (Wildman–Crippen MR) is 78.6 cm³/mol. The molecule has 2 aromatic rings. The van der Waals surface area contributed by atoms with Gasteiger partial charge in [0.15, 0.2) is 11.6 Å². The van der Waals surface area contributed by atoms with Crippen molar-refractivity contribution >= 4 is 45.0 Å². The lowest BCUT2D eigenvalue weighted by Crippen LogP contribution is -2.06. The van der Waals surface area contributed by atoms with Gasteiger partial charge in [-0.05, 0) is 41.1 Å². The van der Waals surface area contributed by atoms with Crippen LogP contribution in [0.25, 0.3) is 0 Å². The molecule has 0 aliphatic rings. The van der Waals surface area contributed by atoms with E-state index in [0.717, 1.165) is 10.7 Å². The standard InChI is InChI=1S/C12H11BrClFN4/c1-2-16-12-17-6-9(15)11(19-12)18-10-4-3-7(14)5-8(10)13/h3-6H,2H2,1H3,(H2,16,17,18,19). The van der Waals surface area contributed by atoms with Crippen LogP contribution in [0.3, 0.4) is 0 Å². The van der Waals surface area contributed by atoms with E-state index in [9.17, 15) is 4.39 Å². The average molecular weight is 346 g/mol. The van der Waals surface area contributed by atoms with Crippen molar-refractivity contribution in [3.05, 3.63) is 39.7 Å². The maximum Gasteiger partial charge on any atom is 0.224 e. The second-order valence-electron chi connectivity index (χ2n) is 3.67. The second-order valence-corrected chi connectivity index (χ2v) is 4.96. The Morgan fingerprint density at radius 1 is 1.42 bits per heavy atom. The maximum atomic E-state index is 13.6. The number of hydrogen-bond acceptors (Lipinski definition) is 4. The Hall–Kier alpha value is -1.40. The molecule has 0 saturated carbocycles. The summed E-state index contributed by atoms with van der Waals surface area (Å²) in [5.41, 5.74) is 0.671. The highest BCUT2D eigenvalue weighted by molar-refractivity contribution is 9.10. The minimum atomic E-state index is -0.525. The summed E-state index contributed by atoms with van der Waals surface area (Å²) in [7, 11) is 0. The van der Waals surface area contributed by atoms with Gasteiger partial charge in [-0.25, -0.2) is 9.37 Å². The van der Waals surface area contributed by atoms with Crippen LogP contribution in [0, 0.1) is 5.82 Å². The fourth-order valence-corrected chi connectivity index (χ4v) is 2.20. The van der Waals surface area contributed by atoms with Gasteiger partial charge in [0.2, 0.25) is 5.95 Å². The third-order valence-corrected chi connectivity index (χ3v) is 3.15. The lowest BCUT2D eigenvalue weighted by Gasteiger charge is -2.10. The van der Waals surface area contributed by atoms with Crippen molar-refractivity contribution in [1.29, 1.82) is 0 Å². The minimum Gasteiger partial charge on any atom is -0.354 e. The van der Waals surface area contributed by atoms with Crippen molar-refractivity contribution in [3.63, 3.8) is 0 Å². The van der Waals surface area contributed by atoms with Crippen LogP contribution in [0.1, 0.15) is 6.92 Å². The van der Waals surface area contributed by atoms with Gasteiger partial charge in [-0.15, -0.1) is 0 Å². The van der Waals surface area contributed by atoms with Crippen molar-refractivity contribution in [3.8, 4) is 0 Å². The van der Waals surface area contributed by atoms with E-state index in [1.807, 2.05) is 6.92 Å². The normalized spacial score (nSPS) is 10.3. The Kier molecular flexibility index (Phi) is 4.55. The zero-order valence-electron chi connectivity index (χ0n) is 10.0. The van der Waals surface area contributed by atoms with Gasteiger partial charge in [0.25, 0.3) is 0 Å². The Morgan fingerprint density at radius 2 is 2.21 bits per heavy atom. The molecule has 4 nitrogen and oxygen atoms in total. The number of halogens is 3. The number of anilines is 3. The fourth-order valence-electron chi connectivity index (χ4n) is 1.42. The lowest BCUT2D eigenvalue weighted by molar-refractivity contribution is 0.619. The highest BCUT2D eigenvalue weighted by Gasteiger charge is 2.09. The molecule has 19 heavy (non-hydrogen) atoms. The second kappa shape index (κ2) is 6.16. The van der Waals surface area contributed by atoms with E-state index < -0.39 is 5.82 Å².